The molecule has 0 radical (unpaired) electrons. The van der Waals surface area contributed by atoms with Crippen molar-refractivity contribution in [3.8, 4) is 11.8 Å². The first-order valence-electron chi connectivity index (χ1n) is 6.37. The summed E-state index contributed by atoms with van der Waals surface area (Å²) in [6, 6.07) is 7.64. The highest BCUT2D eigenvalue weighted by atomic mass is 16.5. The number of rotatable bonds is 5. The zero-order valence-electron chi connectivity index (χ0n) is 11.9. The number of carbonyl (C=O) groups is 2. The summed E-state index contributed by atoms with van der Waals surface area (Å²) in [4.78, 5) is 22.1. The Morgan fingerprint density at radius 1 is 1.38 bits per heavy atom. The van der Waals surface area contributed by atoms with Crippen LogP contribution in [0.25, 0.3) is 6.08 Å². The smallest absolute Gasteiger partial charge is 0.319 e. The van der Waals surface area contributed by atoms with E-state index in [9.17, 15) is 9.59 Å². The number of nitrogens with one attached hydrogen (secondary N) is 1. The number of ether oxygens (including phenoxy) is 1. The summed E-state index contributed by atoms with van der Waals surface area (Å²) in [6.45, 7) is 4.71. The normalized spacial score (nSPS) is 10.9. The molecule has 6 nitrogen and oxygen atoms in total. The van der Waals surface area contributed by atoms with Gasteiger partial charge in [0.05, 0.1) is 6.61 Å². The van der Waals surface area contributed by atoms with Crippen LogP contribution in [0.2, 0.25) is 0 Å². The summed E-state index contributed by atoms with van der Waals surface area (Å²) in [5.74, 6) is 0.304. The summed E-state index contributed by atoms with van der Waals surface area (Å²) in [7, 11) is 0. The van der Waals surface area contributed by atoms with E-state index in [-0.39, 0.29) is 5.57 Å². The number of primary amides is 1. The molecule has 0 fully saturated rings. The summed E-state index contributed by atoms with van der Waals surface area (Å²) < 4.78 is 5.53. The number of imide groups is 1. The van der Waals surface area contributed by atoms with E-state index in [1.807, 2.05) is 19.2 Å². The van der Waals surface area contributed by atoms with E-state index >= 15 is 0 Å². The van der Waals surface area contributed by atoms with Gasteiger partial charge in [0.25, 0.3) is 5.91 Å². The lowest BCUT2D eigenvalue weighted by Crippen LogP contribution is -2.35. The molecule has 0 atom stereocenters. The molecule has 0 aromatic heterocycles. The van der Waals surface area contributed by atoms with Crippen LogP contribution in [-0.4, -0.2) is 18.5 Å². The standard InChI is InChI=1S/C15H17N3O3/c1-10(2)9-21-13-5-3-11(4-6-13)7-12(8-16)14(19)18-15(17)20/h3-7,10H,9H2,1-2H3,(H3,17,18,19,20)/b12-7-. The van der Waals surface area contributed by atoms with Gasteiger partial charge in [0.2, 0.25) is 0 Å². The van der Waals surface area contributed by atoms with Crippen LogP contribution < -0.4 is 15.8 Å². The molecule has 0 aliphatic carbocycles. The minimum Gasteiger partial charge on any atom is -0.493 e. The van der Waals surface area contributed by atoms with Gasteiger partial charge in [-0.15, -0.1) is 0 Å². The Morgan fingerprint density at radius 3 is 2.48 bits per heavy atom. The SMILES string of the molecule is CC(C)COc1ccc(/C=C(/C#N)C(=O)NC(N)=O)cc1. The van der Waals surface area contributed by atoms with Gasteiger partial charge in [-0.1, -0.05) is 26.0 Å². The third-order valence-corrected chi connectivity index (χ3v) is 2.38. The highest BCUT2D eigenvalue weighted by Gasteiger charge is 2.10. The number of benzene rings is 1. The highest BCUT2D eigenvalue weighted by molar-refractivity contribution is 6.08. The average Bonchev–Trinajstić information content (AvgIpc) is 2.42. The third-order valence-electron chi connectivity index (χ3n) is 2.38. The van der Waals surface area contributed by atoms with Crippen LogP contribution in [0.15, 0.2) is 29.8 Å². The topological polar surface area (TPSA) is 105 Å². The number of urea groups is 1. The maximum absolute atomic E-state index is 11.5. The van der Waals surface area contributed by atoms with E-state index < -0.39 is 11.9 Å². The van der Waals surface area contributed by atoms with Crippen molar-refractivity contribution in [2.45, 2.75) is 13.8 Å². The predicted octanol–water partition coefficient (Wildman–Crippen LogP) is 1.82. The van der Waals surface area contributed by atoms with Gasteiger partial charge in [0, 0.05) is 0 Å². The fourth-order valence-corrected chi connectivity index (χ4v) is 1.42. The Bertz CT molecular complexity index is 583. The van der Waals surface area contributed by atoms with E-state index in [0.717, 1.165) is 0 Å². The van der Waals surface area contributed by atoms with E-state index in [1.165, 1.54) is 6.08 Å². The Morgan fingerprint density at radius 2 is 2.00 bits per heavy atom. The molecule has 0 aliphatic rings. The second kappa shape index (κ2) is 7.70. The average molecular weight is 287 g/mol. The molecular weight excluding hydrogens is 270 g/mol. The van der Waals surface area contributed by atoms with Gasteiger partial charge in [-0.05, 0) is 29.7 Å². The summed E-state index contributed by atoms with van der Waals surface area (Å²) >= 11 is 0. The summed E-state index contributed by atoms with van der Waals surface area (Å²) in [5.41, 5.74) is 5.27. The van der Waals surface area contributed by atoms with Crippen LogP contribution in [0.3, 0.4) is 0 Å². The van der Waals surface area contributed by atoms with Crippen LogP contribution in [0, 0.1) is 17.2 Å². The Balaban J connectivity index is 2.80. The quantitative estimate of drug-likeness (QED) is 0.636. The van der Waals surface area contributed by atoms with Crippen LogP contribution in [-0.2, 0) is 4.79 Å². The third kappa shape index (κ3) is 5.78. The van der Waals surface area contributed by atoms with E-state index in [2.05, 4.69) is 0 Å². The number of nitrogens with two attached hydrogens (primary N) is 1. The van der Waals surface area contributed by atoms with Gasteiger partial charge in [0.15, 0.2) is 0 Å². The van der Waals surface area contributed by atoms with Gasteiger partial charge >= 0.3 is 6.03 Å². The molecule has 6 heteroatoms. The summed E-state index contributed by atoms with van der Waals surface area (Å²) in [6.07, 6.45) is 1.37. The second-order valence-electron chi connectivity index (χ2n) is 4.76. The van der Waals surface area contributed by atoms with Crippen molar-refractivity contribution in [2.24, 2.45) is 11.7 Å². The van der Waals surface area contributed by atoms with Gasteiger partial charge < -0.3 is 10.5 Å². The van der Waals surface area contributed by atoms with Crippen molar-refractivity contribution < 1.29 is 14.3 Å². The lowest BCUT2D eigenvalue weighted by Gasteiger charge is -2.08. The number of amides is 3. The lowest BCUT2D eigenvalue weighted by atomic mass is 10.1. The number of hydrogen-bond donors (Lipinski definition) is 2. The first kappa shape index (κ1) is 16.2. The van der Waals surface area contributed by atoms with E-state index in [0.29, 0.717) is 23.8 Å². The Kier molecular flexibility index (Phi) is 5.96. The molecule has 1 rings (SSSR count). The van der Waals surface area contributed by atoms with Gasteiger partial charge in [-0.3, -0.25) is 10.1 Å². The molecule has 3 N–H and O–H groups in total. The molecule has 1 aromatic rings. The zero-order chi connectivity index (χ0) is 15.8. The van der Waals surface area contributed by atoms with Crippen molar-refractivity contribution >= 4 is 18.0 Å². The number of carbonyl (C=O) groups excluding carboxylic acids is 2. The largest absolute Gasteiger partial charge is 0.493 e. The number of hydrogen-bond acceptors (Lipinski definition) is 4. The van der Waals surface area contributed by atoms with Crippen LogP contribution in [0.5, 0.6) is 5.75 Å². The Hall–Kier alpha value is -2.81. The molecule has 0 aliphatic heterocycles. The maximum atomic E-state index is 11.5. The number of nitrogens with zero attached hydrogens (tertiary/aromatic N) is 1. The zero-order valence-corrected chi connectivity index (χ0v) is 11.9. The van der Waals surface area contributed by atoms with Crippen molar-refractivity contribution in [1.82, 2.24) is 5.32 Å². The van der Waals surface area contributed by atoms with E-state index in [1.54, 1.807) is 30.3 Å². The fraction of sp³-hybridized carbons (Fsp3) is 0.267. The molecule has 110 valence electrons. The van der Waals surface area contributed by atoms with Crippen LogP contribution in [0.4, 0.5) is 4.79 Å². The molecule has 0 heterocycles. The second-order valence-corrected chi connectivity index (χ2v) is 4.76. The molecule has 3 amide bonds. The first-order valence-corrected chi connectivity index (χ1v) is 6.37. The molecule has 1 aromatic carbocycles. The van der Waals surface area contributed by atoms with Crippen molar-refractivity contribution in [3.05, 3.63) is 35.4 Å². The van der Waals surface area contributed by atoms with E-state index in [4.69, 9.17) is 15.7 Å². The van der Waals surface area contributed by atoms with Gasteiger partial charge in [-0.25, -0.2) is 4.79 Å². The van der Waals surface area contributed by atoms with Crippen LogP contribution in [0.1, 0.15) is 19.4 Å². The van der Waals surface area contributed by atoms with Crippen molar-refractivity contribution in [1.29, 1.82) is 5.26 Å². The van der Waals surface area contributed by atoms with Crippen molar-refractivity contribution in [2.75, 3.05) is 6.61 Å². The molecule has 0 saturated carbocycles. The maximum Gasteiger partial charge on any atom is 0.319 e. The van der Waals surface area contributed by atoms with Crippen molar-refractivity contribution in [3.63, 3.8) is 0 Å². The molecule has 21 heavy (non-hydrogen) atoms. The minimum atomic E-state index is -1.00. The fourth-order valence-electron chi connectivity index (χ4n) is 1.42. The van der Waals surface area contributed by atoms with Gasteiger partial charge in [-0.2, -0.15) is 5.26 Å². The molecule has 0 spiro atoms. The minimum absolute atomic E-state index is 0.204. The molecular formula is C15H17N3O3. The monoisotopic (exact) mass is 287 g/mol. The molecule has 0 saturated heterocycles. The van der Waals surface area contributed by atoms with Crippen LogP contribution >= 0.6 is 0 Å². The predicted molar refractivity (Wildman–Crippen MR) is 78.1 cm³/mol. The highest BCUT2D eigenvalue weighted by Crippen LogP contribution is 2.15. The summed E-state index contributed by atoms with van der Waals surface area (Å²) in [5, 5.41) is 10.8. The van der Waals surface area contributed by atoms with Gasteiger partial charge in [0.1, 0.15) is 17.4 Å². The lowest BCUT2D eigenvalue weighted by molar-refractivity contribution is -0.115. The number of nitriles is 1. The Labute approximate surface area is 123 Å². The first-order chi connectivity index (χ1) is 9.92. The molecule has 0 bridgehead atoms. The molecule has 0 unspecified atom stereocenters.